The third-order valence-electron chi connectivity index (χ3n) is 2.26. The highest BCUT2D eigenvalue weighted by Gasteiger charge is 2.17. The predicted molar refractivity (Wildman–Crippen MR) is 81.8 cm³/mol. The molecule has 0 aliphatic heterocycles. The van der Waals surface area contributed by atoms with Gasteiger partial charge in [0, 0.05) is 35.7 Å². The summed E-state index contributed by atoms with van der Waals surface area (Å²) < 4.78 is 32.8. The quantitative estimate of drug-likeness (QED) is 0.634. The molecule has 0 saturated carbocycles. The first-order chi connectivity index (χ1) is 8.97. The van der Waals surface area contributed by atoms with Gasteiger partial charge in [0.05, 0.1) is 11.5 Å². The van der Waals surface area contributed by atoms with Gasteiger partial charge in [-0.05, 0) is 34.1 Å². The van der Waals surface area contributed by atoms with E-state index in [1.54, 1.807) is 25.3 Å². The fraction of sp³-hybridized carbons (Fsp3) is 0.455. The van der Waals surface area contributed by atoms with Gasteiger partial charge in [0.2, 0.25) is 10.0 Å². The van der Waals surface area contributed by atoms with Crippen molar-refractivity contribution in [2.75, 3.05) is 33.4 Å². The average molecular weight is 416 g/mol. The summed E-state index contributed by atoms with van der Waals surface area (Å²) in [6, 6.07) is 5.02. The van der Waals surface area contributed by atoms with Crippen molar-refractivity contribution in [1.29, 1.82) is 0 Å². The van der Waals surface area contributed by atoms with Crippen molar-refractivity contribution in [2.45, 2.75) is 4.90 Å². The van der Waals surface area contributed by atoms with Crippen LogP contribution in [0.2, 0.25) is 0 Å². The Bertz CT molecular complexity index is 509. The molecule has 2 N–H and O–H groups in total. The van der Waals surface area contributed by atoms with E-state index in [0.717, 1.165) is 0 Å². The Hall–Kier alpha value is 0.01000. The molecule has 0 saturated heterocycles. The van der Waals surface area contributed by atoms with Gasteiger partial charge in [-0.25, -0.2) is 13.1 Å². The number of rotatable bonds is 8. The van der Waals surface area contributed by atoms with Gasteiger partial charge >= 0.3 is 0 Å². The van der Waals surface area contributed by atoms with Gasteiger partial charge in [-0.15, -0.1) is 0 Å². The molecular formula is C11H16Br2N2O3S. The molecule has 0 unspecified atom stereocenters. The van der Waals surface area contributed by atoms with Gasteiger partial charge in [0.1, 0.15) is 0 Å². The molecule has 8 heteroatoms. The van der Waals surface area contributed by atoms with Gasteiger partial charge in [-0.2, -0.15) is 0 Å². The molecule has 5 nitrogen and oxygen atoms in total. The Kier molecular flexibility index (Phi) is 7.48. The summed E-state index contributed by atoms with van der Waals surface area (Å²) in [4.78, 5) is 0.221. The van der Waals surface area contributed by atoms with E-state index in [1.165, 1.54) is 0 Å². The number of halogens is 2. The van der Waals surface area contributed by atoms with E-state index in [-0.39, 0.29) is 4.90 Å². The van der Waals surface area contributed by atoms with Crippen LogP contribution >= 0.6 is 31.9 Å². The summed E-state index contributed by atoms with van der Waals surface area (Å²) in [5, 5.41) is 3.06. The first kappa shape index (κ1) is 17.1. The van der Waals surface area contributed by atoms with Crippen molar-refractivity contribution >= 4 is 41.9 Å². The third kappa shape index (κ3) is 5.88. The maximum Gasteiger partial charge on any atom is 0.241 e. The molecule has 0 bridgehead atoms. The minimum absolute atomic E-state index is 0.221. The van der Waals surface area contributed by atoms with Crippen LogP contribution in [0.25, 0.3) is 0 Å². The number of sulfonamides is 1. The number of methoxy groups -OCH3 is 1. The molecule has 0 fully saturated rings. The second-order valence-corrected chi connectivity index (χ2v) is 7.22. The van der Waals surface area contributed by atoms with Gasteiger partial charge in [0.15, 0.2) is 0 Å². The highest BCUT2D eigenvalue weighted by atomic mass is 79.9. The number of hydrogen-bond acceptors (Lipinski definition) is 4. The molecule has 1 aromatic rings. The zero-order valence-electron chi connectivity index (χ0n) is 10.4. The van der Waals surface area contributed by atoms with E-state index in [2.05, 4.69) is 41.9 Å². The molecule has 1 aromatic carbocycles. The highest BCUT2D eigenvalue weighted by Crippen LogP contribution is 2.25. The molecule has 0 aliphatic carbocycles. The largest absolute Gasteiger partial charge is 0.383 e. The van der Waals surface area contributed by atoms with Gasteiger partial charge < -0.3 is 10.1 Å². The first-order valence-electron chi connectivity index (χ1n) is 5.62. The lowest BCUT2D eigenvalue weighted by molar-refractivity contribution is 0.199. The van der Waals surface area contributed by atoms with Gasteiger partial charge in [-0.3, -0.25) is 0 Å². The van der Waals surface area contributed by atoms with Crippen LogP contribution in [0.1, 0.15) is 0 Å². The Labute approximate surface area is 130 Å². The third-order valence-corrected chi connectivity index (χ3v) is 5.21. The van der Waals surface area contributed by atoms with Crippen molar-refractivity contribution < 1.29 is 13.2 Å². The lowest BCUT2D eigenvalue weighted by Crippen LogP contribution is -2.33. The van der Waals surface area contributed by atoms with E-state index >= 15 is 0 Å². The van der Waals surface area contributed by atoms with Crippen LogP contribution in [-0.2, 0) is 14.8 Å². The standard InChI is InChI=1S/C11H16Br2N2O3S/c1-18-7-6-14-4-5-15-19(16,17)11-8-9(12)2-3-10(11)13/h2-3,8,14-15H,4-7H2,1H3. The van der Waals surface area contributed by atoms with E-state index in [1.807, 2.05) is 0 Å². The van der Waals surface area contributed by atoms with E-state index < -0.39 is 10.0 Å². The molecule has 0 heterocycles. The maximum absolute atomic E-state index is 12.1. The van der Waals surface area contributed by atoms with Crippen LogP contribution in [0.5, 0.6) is 0 Å². The number of hydrogen-bond donors (Lipinski definition) is 2. The Balaban J connectivity index is 2.54. The Morgan fingerprint density at radius 2 is 1.95 bits per heavy atom. The van der Waals surface area contributed by atoms with Crippen LogP contribution in [0, 0.1) is 0 Å². The van der Waals surface area contributed by atoms with Gasteiger partial charge in [0.25, 0.3) is 0 Å². The van der Waals surface area contributed by atoms with Gasteiger partial charge in [-0.1, -0.05) is 15.9 Å². The molecule has 0 aliphatic rings. The second kappa shape index (κ2) is 8.33. The van der Waals surface area contributed by atoms with Crippen molar-refractivity contribution in [1.82, 2.24) is 10.0 Å². The maximum atomic E-state index is 12.1. The molecular weight excluding hydrogens is 400 g/mol. The summed E-state index contributed by atoms with van der Waals surface area (Å²) in [6.07, 6.45) is 0. The molecule has 0 amide bonds. The summed E-state index contributed by atoms with van der Waals surface area (Å²) in [7, 11) is -1.88. The topological polar surface area (TPSA) is 67.4 Å². The predicted octanol–water partition coefficient (Wildman–Crippen LogP) is 1.73. The normalized spacial score (nSPS) is 11.7. The zero-order valence-corrected chi connectivity index (χ0v) is 14.4. The average Bonchev–Trinajstić information content (AvgIpc) is 2.36. The van der Waals surface area contributed by atoms with Crippen molar-refractivity contribution in [3.63, 3.8) is 0 Å². The minimum Gasteiger partial charge on any atom is -0.383 e. The first-order valence-corrected chi connectivity index (χ1v) is 8.68. The van der Waals surface area contributed by atoms with E-state index in [4.69, 9.17) is 4.74 Å². The molecule has 0 aromatic heterocycles. The van der Waals surface area contributed by atoms with Crippen molar-refractivity contribution in [2.24, 2.45) is 0 Å². The lowest BCUT2D eigenvalue weighted by atomic mass is 10.4. The number of nitrogens with one attached hydrogen (secondary N) is 2. The minimum atomic E-state index is -3.50. The molecule has 19 heavy (non-hydrogen) atoms. The fourth-order valence-electron chi connectivity index (χ4n) is 1.33. The van der Waals surface area contributed by atoms with E-state index in [9.17, 15) is 8.42 Å². The fourth-order valence-corrected chi connectivity index (χ4v) is 3.87. The molecule has 0 radical (unpaired) electrons. The Morgan fingerprint density at radius 3 is 2.63 bits per heavy atom. The second-order valence-electron chi connectivity index (χ2n) is 3.72. The van der Waals surface area contributed by atoms with Crippen molar-refractivity contribution in [3.8, 4) is 0 Å². The molecule has 108 valence electrons. The van der Waals surface area contributed by atoms with Crippen LogP contribution in [0.4, 0.5) is 0 Å². The summed E-state index contributed by atoms with van der Waals surface area (Å²) in [5.41, 5.74) is 0. The highest BCUT2D eigenvalue weighted by molar-refractivity contribution is 9.11. The van der Waals surface area contributed by atoms with Crippen LogP contribution < -0.4 is 10.0 Å². The summed E-state index contributed by atoms with van der Waals surface area (Å²) in [6.45, 7) is 2.17. The number of ether oxygens (including phenoxy) is 1. The van der Waals surface area contributed by atoms with E-state index in [0.29, 0.717) is 35.2 Å². The van der Waals surface area contributed by atoms with Crippen molar-refractivity contribution in [3.05, 3.63) is 27.1 Å². The van der Waals surface area contributed by atoms with Crippen LogP contribution in [-0.4, -0.2) is 41.8 Å². The lowest BCUT2D eigenvalue weighted by Gasteiger charge is -2.09. The van der Waals surface area contributed by atoms with Crippen LogP contribution in [0.3, 0.4) is 0 Å². The Morgan fingerprint density at radius 1 is 1.21 bits per heavy atom. The van der Waals surface area contributed by atoms with Crippen LogP contribution in [0.15, 0.2) is 32.0 Å². The smallest absolute Gasteiger partial charge is 0.241 e. The molecule has 0 spiro atoms. The monoisotopic (exact) mass is 414 g/mol. The summed E-state index contributed by atoms with van der Waals surface area (Å²) in [5.74, 6) is 0. The molecule has 0 atom stereocenters. The summed E-state index contributed by atoms with van der Waals surface area (Å²) >= 11 is 6.50. The number of benzene rings is 1. The molecule has 1 rings (SSSR count). The zero-order chi connectivity index (χ0) is 14.3. The SMILES string of the molecule is COCCNCCNS(=O)(=O)c1cc(Br)ccc1Br.